The van der Waals surface area contributed by atoms with Gasteiger partial charge >= 0.3 is 0 Å². The van der Waals surface area contributed by atoms with Crippen molar-refractivity contribution < 1.29 is 0 Å². The number of allylic oxidation sites excluding steroid dienone is 8. The number of hydrogen-bond acceptors (Lipinski definition) is 0. The van der Waals surface area contributed by atoms with Gasteiger partial charge in [0.15, 0.2) is 0 Å². The first kappa shape index (κ1) is 23.1. The number of aryl methyl sites for hydroxylation is 2. The van der Waals surface area contributed by atoms with Crippen LogP contribution in [0, 0.1) is 12.3 Å². The molecule has 1 aromatic carbocycles. The van der Waals surface area contributed by atoms with Crippen molar-refractivity contribution in [1.82, 2.24) is 0 Å². The molecule has 0 N–H and O–H groups in total. The third kappa shape index (κ3) is 3.70. The molecule has 0 amide bonds. The van der Waals surface area contributed by atoms with Crippen molar-refractivity contribution in [3.8, 4) is 0 Å². The lowest BCUT2D eigenvalue weighted by molar-refractivity contribution is 0.411. The van der Waals surface area contributed by atoms with E-state index in [1.54, 1.807) is 44.2 Å². The summed E-state index contributed by atoms with van der Waals surface area (Å²) in [7, 11) is 0. The Morgan fingerprint density at radius 3 is 2.28 bits per heavy atom. The second-order valence-electron chi connectivity index (χ2n) is 10.3. The molecule has 0 heteroatoms. The molecule has 0 aromatic heterocycles. The van der Waals surface area contributed by atoms with Gasteiger partial charge in [0.1, 0.15) is 0 Å². The summed E-state index contributed by atoms with van der Waals surface area (Å²) in [5.74, 6) is 0. The summed E-state index contributed by atoms with van der Waals surface area (Å²) in [5.41, 5.74) is 12.9. The van der Waals surface area contributed by atoms with Crippen LogP contribution in [-0.2, 0) is 6.42 Å². The van der Waals surface area contributed by atoms with Gasteiger partial charge in [-0.1, -0.05) is 102 Å². The highest BCUT2D eigenvalue weighted by molar-refractivity contribution is 5.96. The van der Waals surface area contributed by atoms with E-state index >= 15 is 0 Å². The average molecular weight is 427 g/mol. The van der Waals surface area contributed by atoms with Gasteiger partial charge in [0.2, 0.25) is 0 Å². The molecule has 0 fully saturated rings. The summed E-state index contributed by atoms with van der Waals surface area (Å²) in [5, 5.41) is 3.03. The van der Waals surface area contributed by atoms with Crippen LogP contribution < -0.4 is 10.4 Å². The van der Waals surface area contributed by atoms with E-state index in [4.69, 9.17) is 0 Å². The fraction of sp³-hybridized carbons (Fsp3) is 0.500. The van der Waals surface area contributed by atoms with Crippen molar-refractivity contribution >= 4 is 11.6 Å². The maximum absolute atomic E-state index is 2.57. The molecular weight excluding hydrogens is 384 g/mol. The average Bonchev–Trinajstić information content (AvgIpc) is 3.39. The minimum absolute atomic E-state index is 0.143. The SMILES string of the molecule is CCCC1=C(CCC)C(C)(CCC)C(C2=CC=CC2)=C2C=c3cc(C)cc(CCC)c3=C21. The Hall–Kier alpha value is -2.08. The highest BCUT2D eigenvalue weighted by Crippen LogP contribution is 2.56. The first-order chi connectivity index (χ1) is 15.5. The van der Waals surface area contributed by atoms with Gasteiger partial charge < -0.3 is 0 Å². The van der Waals surface area contributed by atoms with Crippen molar-refractivity contribution in [2.75, 3.05) is 0 Å². The smallest absolute Gasteiger partial charge is 0.0148 e. The van der Waals surface area contributed by atoms with Gasteiger partial charge in [0.25, 0.3) is 0 Å². The fourth-order valence-corrected chi connectivity index (χ4v) is 6.72. The Balaban J connectivity index is 2.17. The molecule has 0 saturated carbocycles. The number of benzene rings is 1. The second-order valence-corrected chi connectivity index (χ2v) is 10.3. The van der Waals surface area contributed by atoms with Crippen LogP contribution in [0.25, 0.3) is 11.6 Å². The summed E-state index contributed by atoms with van der Waals surface area (Å²) in [6.45, 7) is 14.3. The van der Waals surface area contributed by atoms with Crippen LogP contribution in [0.15, 0.2) is 58.2 Å². The highest BCUT2D eigenvalue weighted by Gasteiger charge is 2.42. The molecule has 0 aliphatic heterocycles. The Kier molecular flexibility index (Phi) is 6.80. The topological polar surface area (TPSA) is 0 Å². The van der Waals surface area contributed by atoms with Crippen LogP contribution >= 0.6 is 0 Å². The Labute approximate surface area is 196 Å². The predicted octanol–water partition coefficient (Wildman–Crippen LogP) is 7.79. The monoisotopic (exact) mass is 426 g/mol. The van der Waals surface area contributed by atoms with Crippen molar-refractivity contribution in [2.24, 2.45) is 5.41 Å². The van der Waals surface area contributed by atoms with Gasteiger partial charge in [-0.05, 0) is 89.0 Å². The van der Waals surface area contributed by atoms with Crippen molar-refractivity contribution in [3.05, 3.63) is 79.8 Å². The molecule has 0 spiro atoms. The summed E-state index contributed by atoms with van der Waals surface area (Å²) < 4.78 is 0. The lowest BCUT2D eigenvalue weighted by atomic mass is 9.60. The van der Waals surface area contributed by atoms with E-state index in [2.05, 4.69) is 78.0 Å². The zero-order valence-corrected chi connectivity index (χ0v) is 21.3. The lowest BCUT2D eigenvalue weighted by Crippen LogP contribution is -2.32. The zero-order valence-electron chi connectivity index (χ0n) is 21.3. The van der Waals surface area contributed by atoms with Crippen LogP contribution in [0.2, 0.25) is 0 Å². The second kappa shape index (κ2) is 9.42. The van der Waals surface area contributed by atoms with Crippen LogP contribution in [0.3, 0.4) is 0 Å². The van der Waals surface area contributed by atoms with E-state index in [0.717, 1.165) is 6.42 Å². The van der Waals surface area contributed by atoms with Gasteiger partial charge in [-0.3, -0.25) is 0 Å². The third-order valence-corrected chi connectivity index (χ3v) is 7.73. The zero-order chi connectivity index (χ0) is 22.9. The molecule has 3 aliphatic carbocycles. The minimum Gasteiger partial charge on any atom is -0.0801 e. The Morgan fingerprint density at radius 1 is 0.906 bits per heavy atom. The van der Waals surface area contributed by atoms with Crippen molar-refractivity contribution in [3.63, 3.8) is 0 Å². The largest absolute Gasteiger partial charge is 0.0801 e. The molecule has 1 atom stereocenters. The minimum atomic E-state index is 0.143. The number of rotatable bonds is 9. The summed E-state index contributed by atoms with van der Waals surface area (Å²) in [6.07, 6.45) is 20.4. The first-order valence-electron chi connectivity index (χ1n) is 13.2. The van der Waals surface area contributed by atoms with E-state index < -0.39 is 0 Å². The Morgan fingerprint density at radius 2 is 1.66 bits per heavy atom. The van der Waals surface area contributed by atoms with E-state index in [1.807, 2.05) is 0 Å². The maximum atomic E-state index is 2.57. The highest BCUT2D eigenvalue weighted by atomic mass is 14.5. The quantitative estimate of drug-likeness (QED) is 0.378. The summed E-state index contributed by atoms with van der Waals surface area (Å²) in [6, 6.07) is 4.90. The molecule has 0 bridgehead atoms. The molecule has 0 heterocycles. The van der Waals surface area contributed by atoms with Gasteiger partial charge in [-0.2, -0.15) is 0 Å². The van der Waals surface area contributed by atoms with Crippen LogP contribution in [0.5, 0.6) is 0 Å². The molecule has 3 aliphatic rings. The van der Waals surface area contributed by atoms with E-state index in [-0.39, 0.29) is 5.41 Å². The van der Waals surface area contributed by atoms with Crippen molar-refractivity contribution in [1.29, 1.82) is 0 Å². The number of hydrogen-bond donors (Lipinski definition) is 0. The van der Waals surface area contributed by atoms with Crippen LogP contribution in [0.1, 0.15) is 97.1 Å². The summed E-state index contributed by atoms with van der Waals surface area (Å²) in [4.78, 5) is 0. The standard InChI is InChI=1S/C32H42/c1-7-13-24-19-22(5)20-25-21-27-30(29(24)25)26(14-8-2)28(15-9-3)32(6,18-10-4)31(27)23-16-11-12-17-23/h11-12,16,19-21H,7-10,13-15,17-18H2,1-6H3. The molecule has 0 nitrogen and oxygen atoms in total. The summed E-state index contributed by atoms with van der Waals surface area (Å²) >= 11 is 0. The van der Waals surface area contributed by atoms with Gasteiger partial charge in [-0.25, -0.2) is 0 Å². The third-order valence-electron chi connectivity index (χ3n) is 7.73. The van der Waals surface area contributed by atoms with Crippen LogP contribution in [0.4, 0.5) is 0 Å². The molecule has 32 heavy (non-hydrogen) atoms. The molecule has 0 saturated heterocycles. The molecule has 170 valence electrons. The molecule has 0 radical (unpaired) electrons. The molecular formula is C32H42. The molecule has 4 rings (SSSR count). The predicted molar refractivity (Wildman–Crippen MR) is 141 cm³/mol. The van der Waals surface area contributed by atoms with E-state index in [0.29, 0.717) is 0 Å². The van der Waals surface area contributed by atoms with Gasteiger partial charge in [0, 0.05) is 5.41 Å². The fourth-order valence-electron chi connectivity index (χ4n) is 6.72. The first-order valence-corrected chi connectivity index (χ1v) is 13.2. The number of fused-ring (bicyclic) bond motifs is 2. The van der Waals surface area contributed by atoms with Crippen LogP contribution in [-0.4, -0.2) is 0 Å². The van der Waals surface area contributed by atoms with E-state index in [9.17, 15) is 0 Å². The molecule has 1 unspecified atom stereocenters. The van der Waals surface area contributed by atoms with Gasteiger partial charge in [0.05, 0.1) is 0 Å². The van der Waals surface area contributed by atoms with E-state index in [1.165, 1.54) is 62.1 Å². The lowest BCUT2D eigenvalue weighted by Gasteiger charge is -2.43. The Bertz CT molecular complexity index is 1150. The molecule has 1 aromatic rings. The normalized spacial score (nSPS) is 21.8. The van der Waals surface area contributed by atoms with Gasteiger partial charge in [-0.15, -0.1) is 0 Å². The van der Waals surface area contributed by atoms with Crippen molar-refractivity contribution in [2.45, 2.75) is 99.3 Å². The maximum Gasteiger partial charge on any atom is 0.0148 e.